The molecular formula is C16H22N2O2S. The fourth-order valence-corrected chi connectivity index (χ4v) is 4.40. The van der Waals surface area contributed by atoms with Gasteiger partial charge in [-0.25, -0.2) is 0 Å². The molecule has 1 aromatic heterocycles. The number of rotatable bonds is 2. The number of piperazine rings is 1. The fourth-order valence-electron chi connectivity index (χ4n) is 3.42. The summed E-state index contributed by atoms with van der Waals surface area (Å²) in [5.41, 5.74) is 0.483. The van der Waals surface area contributed by atoms with E-state index in [1.807, 2.05) is 25.7 Å². The maximum atomic E-state index is 13.0. The van der Waals surface area contributed by atoms with Crippen LogP contribution in [0.25, 0.3) is 0 Å². The first-order valence-electron chi connectivity index (χ1n) is 7.69. The quantitative estimate of drug-likeness (QED) is 0.913. The molecule has 2 heterocycles. The third-order valence-corrected chi connectivity index (χ3v) is 5.96. The number of hydrogen-bond donors (Lipinski definition) is 1. The van der Waals surface area contributed by atoms with Crippen molar-refractivity contribution in [1.82, 2.24) is 10.2 Å². The Morgan fingerprint density at radius 2 is 2.24 bits per heavy atom. The lowest BCUT2D eigenvalue weighted by Crippen LogP contribution is -2.68. The maximum Gasteiger partial charge on any atom is 0.249 e. The highest BCUT2D eigenvalue weighted by molar-refractivity contribution is 7.10. The van der Waals surface area contributed by atoms with E-state index < -0.39 is 11.6 Å². The molecular weight excluding hydrogens is 284 g/mol. The standard InChI is InChI=1S/C16H22N2O2S/c1-4-16(3)15(20)18(10(2)14(19)17-16)12-6-5-7-13-11(12)8-9-21-13/h8-10,12H,4-7H2,1-3H3,(H,17,19). The molecule has 114 valence electrons. The number of hydrogen-bond acceptors (Lipinski definition) is 3. The van der Waals surface area contributed by atoms with Crippen LogP contribution in [0.15, 0.2) is 11.4 Å². The molecule has 3 unspecified atom stereocenters. The Morgan fingerprint density at radius 1 is 1.48 bits per heavy atom. The topological polar surface area (TPSA) is 49.4 Å². The van der Waals surface area contributed by atoms with Crippen LogP contribution in [0.2, 0.25) is 0 Å². The second kappa shape index (κ2) is 5.13. The monoisotopic (exact) mass is 306 g/mol. The molecule has 0 aromatic carbocycles. The Kier molecular flexibility index (Phi) is 3.56. The van der Waals surface area contributed by atoms with Crippen molar-refractivity contribution < 1.29 is 9.59 Å². The lowest BCUT2D eigenvalue weighted by molar-refractivity contribution is -0.157. The van der Waals surface area contributed by atoms with Gasteiger partial charge in [-0.05, 0) is 56.5 Å². The van der Waals surface area contributed by atoms with Crippen molar-refractivity contribution in [2.24, 2.45) is 0 Å². The van der Waals surface area contributed by atoms with Crippen molar-refractivity contribution in [1.29, 1.82) is 0 Å². The molecule has 0 bridgehead atoms. The summed E-state index contributed by atoms with van der Waals surface area (Å²) in [6, 6.07) is 1.78. The minimum absolute atomic E-state index is 0.0405. The lowest BCUT2D eigenvalue weighted by atomic mass is 9.86. The molecule has 2 aliphatic rings. The first-order chi connectivity index (χ1) is 9.98. The van der Waals surface area contributed by atoms with Gasteiger partial charge in [0.2, 0.25) is 11.8 Å². The van der Waals surface area contributed by atoms with E-state index in [2.05, 4.69) is 16.8 Å². The maximum absolute atomic E-state index is 13.0. The van der Waals surface area contributed by atoms with E-state index in [0.29, 0.717) is 6.42 Å². The zero-order chi connectivity index (χ0) is 15.2. The smallest absolute Gasteiger partial charge is 0.249 e. The van der Waals surface area contributed by atoms with E-state index in [1.165, 1.54) is 10.4 Å². The molecule has 0 saturated carbocycles. The first-order valence-corrected chi connectivity index (χ1v) is 8.57. The Balaban J connectivity index is 2.00. The predicted octanol–water partition coefficient (Wildman–Crippen LogP) is 2.64. The normalized spacial score (nSPS) is 32.8. The summed E-state index contributed by atoms with van der Waals surface area (Å²) in [4.78, 5) is 28.5. The van der Waals surface area contributed by atoms with Gasteiger partial charge in [-0.3, -0.25) is 9.59 Å². The van der Waals surface area contributed by atoms with Gasteiger partial charge in [0.15, 0.2) is 0 Å². The first kappa shape index (κ1) is 14.6. The van der Waals surface area contributed by atoms with Gasteiger partial charge in [0.25, 0.3) is 0 Å². The number of carbonyl (C=O) groups is 2. The van der Waals surface area contributed by atoms with Gasteiger partial charge >= 0.3 is 0 Å². The molecule has 4 nitrogen and oxygen atoms in total. The van der Waals surface area contributed by atoms with Gasteiger partial charge in [0, 0.05) is 4.88 Å². The highest BCUT2D eigenvalue weighted by Gasteiger charge is 2.48. The van der Waals surface area contributed by atoms with Crippen molar-refractivity contribution in [2.75, 3.05) is 0 Å². The van der Waals surface area contributed by atoms with Crippen LogP contribution in [-0.4, -0.2) is 28.3 Å². The minimum atomic E-state index is -0.767. The van der Waals surface area contributed by atoms with Crippen molar-refractivity contribution in [3.63, 3.8) is 0 Å². The Labute approximate surface area is 129 Å². The molecule has 3 rings (SSSR count). The summed E-state index contributed by atoms with van der Waals surface area (Å²) in [6.45, 7) is 5.62. The second-order valence-electron chi connectivity index (χ2n) is 6.27. The fraction of sp³-hybridized carbons (Fsp3) is 0.625. The predicted molar refractivity (Wildman–Crippen MR) is 83.1 cm³/mol. The summed E-state index contributed by atoms with van der Waals surface area (Å²) in [7, 11) is 0. The average Bonchev–Trinajstić information content (AvgIpc) is 2.95. The summed E-state index contributed by atoms with van der Waals surface area (Å²) in [5, 5.41) is 5.00. The van der Waals surface area contributed by atoms with Gasteiger partial charge in [-0.1, -0.05) is 6.92 Å². The highest BCUT2D eigenvalue weighted by Crippen LogP contribution is 2.40. The molecule has 5 heteroatoms. The van der Waals surface area contributed by atoms with E-state index in [9.17, 15) is 9.59 Å². The van der Waals surface area contributed by atoms with Crippen LogP contribution in [0.4, 0.5) is 0 Å². The third-order valence-electron chi connectivity index (χ3n) is 4.97. The van der Waals surface area contributed by atoms with Crippen molar-refractivity contribution in [3.8, 4) is 0 Å². The van der Waals surface area contributed by atoms with Crippen molar-refractivity contribution in [2.45, 2.75) is 64.1 Å². The molecule has 1 fully saturated rings. The summed E-state index contributed by atoms with van der Waals surface area (Å²) < 4.78 is 0. The van der Waals surface area contributed by atoms with Crippen LogP contribution in [0.5, 0.6) is 0 Å². The second-order valence-corrected chi connectivity index (χ2v) is 7.27. The molecule has 1 aliphatic heterocycles. The molecule has 1 aromatic rings. The SMILES string of the molecule is CCC1(C)NC(=O)C(C)N(C2CCCc3sccc32)C1=O. The van der Waals surface area contributed by atoms with Crippen LogP contribution in [0, 0.1) is 0 Å². The Bertz CT molecular complexity index is 583. The average molecular weight is 306 g/mol. The molecule has 1 N–H and O–H groups in total. The largest absolute Gasteiger partial charge is 0.340 e. The zero-order valence-corrected chi connectivity index (χ0v) is 13.6. The third kappa shape index (κ3) is 2.18. The molecule has 3 atom stereocenters. The van der Waals surface area contributed by atoms with Crippen LogP contribution < -0.4 is 5.32 Å². The van der Waals surface area contributed by atoms with Gasteiger partial charge in [0.1, 0.15) is 11.6 Å². The Hall–Kier alpha value is -1.36. The van der Waals surface area contributed by atoms with E-state index in [-0.39, 0.29) is 17.9 Å². The molecule has 0 radical (unpaired) electrons. The number of nitrogens with one attached hydrogen (secondary N) is 1. The van der Waals surface area contributed by atoms with Gasteiger partial charge < -0.3 is 10.2 Å². The Morgan fingerprint density at radius 3 is 2.95 bits per heavy atom. The van der Waals surface area contributed by atoms with Crippen molar-refractivity contribution in [3.05, 3.63) is 21.9 Å². The molecule has 0 spiro atoms. The van der Waals surface area contributed by atoms with Crippen molar-refractivity contribution >= 4 is 23.2 Å². The lowest BCUT2D eigenvalue weighted by Gasteiger charge is -2.47. The van der Waals surface area contributed by atoms with E-state index in [4.69, 9.17) is 0 Å². The van der Waals surface area contributed by atoms with Gasteiger partial charge in [-0.15, -0.1) is 11.3 Å². The van der Waals surface area contributed by atoms with E-state index >= 15 is 0 Å². The van der Waals surface area contributed by atoms with Gasteiger partial charge in [-0.2, -0.15) is 0 Å². The number of aryl methyl sites for hydroxylation is 1. The van der Waals surface area contributed by atoms with Gasteiger partial charge in [0.05, 0.1) is 6.04 Å². The number of nitrogens with zero attached hydrogens (tertiary/aromatic N) is 1. The summed E-state index contributed by atoms with van der Waals surface area (Å²) in [6.07, 6.45) is 3.74. The summed E-state index contributed by atoms with van der Waals surface area (Å²) in [5.74, 6) is 0.0162. The number of amides is 2. The van der Waals surface area contributed by atoms with Crippen LogP contribution in [0.3, 0.4) is 0 Å². The van der Waals surface area contributed by atoms with E-state index in [0.717, 1.165) is 19.3 Å². The zero-order valence-electron chi connectivity index (χ0n) is 12.8. The van der Waals surface area contributed by atoms with Crippen LogP contribution >= 0.6 is 11.3 Å². The van der Waals surface area contributed by atoms with Crippen LogP contribution in [-0.2, 0) is 16.0 Å². The van der Waals surface area contributed by atoms with Crippen LogP contribution in [0.1, 0.15) is 56.5 Å². The molecule has 2 amide bonds. The van der Waals surface area contributed by atoms with E-state index in [1.54, 1.807) is 11.3 Å². The number of carbonyl (C=O) groups excluding carboxylic acids is 2. The minimum Gasteiger partial charge on any atom is -0.340 e. The molecule has 21 heavy (non-hydrogen) atoms. The molecule has 1 aliphatic carbocycles. The molecule has 1 saturated heterocycles. The number of fused-ring (bicyclic) bond motifs is 1. The highest BCUT2D eigenvalue weighted by atomic mass is 32.1. The number of thiophene rings is 1. The summed E-state index contributed by atoms with van der Waals surface area (Å²) >= 11 is 1.76.